The molecule has 0 amide bonds. The van der Waals surface area contributed by atoms with Gasteiger partial charge in [0.25, 0.3) is 0 Å². The van der Waals surface area contributed by atoms with Gasteiger partial charge in [0, 0.05) is 18.3 Å². The molecule has 1 nitrogen and oxygen atoms in total. The van der Waals surface area contributed by atoms with E-state index in [9.17, 15) is 0 Å². The Balaban J connectivity index is 1.84. The van der Waals surface area contributed by atoms with Crippen molar-refractivity contribution in [3.05, 3.63) is 29.8 Å². The Morgan fingerprint density at radius 1 is 1.28 bits per heavy atom. The molecule has 1 aliphatic carbocycles. The average Bonchev–Trinajstić information content (AvgIpc) is 2.97. The molecule has 1 aromatic rings. The molecule has 0 aromatic heterocycles. The third kappa shape index (κ3) is 2.05. The van der Waals surface area contributed by atoms with Crippen LogP contribution in [0.25, 0.3) is 0 Å². The lowest BCUT2D eigenvalue weighted by Crippen LogP contribution is -2.40. The third-order valence-electron chi connectivity index (χ3n) is 4.85. The van der Waals surface area contributed by atoms with Crippen molar-refractivity contribution in [1.29, 1.82) is 0 Å². The van der Waals surface area contributed by atoms with Gasteiger partial charge in [-0.1, -0.05) is 31.0 Å². The summed E-state index contributed by atoms with van der Waals surface area (Å²) in [4.78, 5) is 2.64. The molecule has 98 valence electrons. The molecule has 0 radical (unpaired) electrons. The predicted octanol–water partition coefficient (Wildman–Crippen LogP) is 3.93. The first-order chi connectivity index (χ1) is 8.74. The van der Waals surface area contributed by atoms with E-state index in [0.717, 1.165) is 5.75 Å². The molecule has 18 heavy (non-hydrogen) atoms. The van der Waals surface area contributed by atoms with Gasteiger partial charge < -0.3 is 4.90 Å². The zero-order chi connectivity index (χ0) is 12.6. The fourth-order valence-electron chi connectivity index (χ4n) is 3.72. The number of fused-ring (bicyclic) bond motifs is 1. The van der Waals surface area contributed by atoms with Gasteiger partial charge in [-0.2, -0.15) is 12.6 Å². The highest BCUT2D eigenvalue weighted by molar-refractivity contribution is 7.80. The van der Waals surface area contributed by atoms with Crippen LogP contribution in [0.1, 0.15) is 38.2 Å². The minimum Gasteiger partial charge on any atom is -0.368 e. The minimum absolute atomic E-state index is 0.467. The van der Waals surface area contributed by atoms with Gasteiger partial charge in [0.05, 0.1) is 0 Å². The van der Waals surface area contributed by atoms with Crippen LogP contribution in [0.5, 0.6) is 0 Å². The van der Waals surface area contributed by atoms with Crippen LogP contribution in [-0.4, -0.2) is 18.3 Å². The van der Waals surface area contributed by atoms with Crippen molar-refractivity contribution < 1.29 is 0 Å². The van der Waals surface area contributed by atoms with Crippen LogP contribution < -0.4 is 4.90 Å². The normalized spacial score (nSPS) is 25.4. The van der Waals surface area contributed by atoms with Crippen LogP contribution in [0.15, 0.2) is 24.3 Å². The third-order valence-corrected chi connectivity index (χ3v) is 5.52. The Bertz CT molecular complexity index is 423. The SMILES string of the molecule is CC1Cc2ccccc2N1CC1(CS)CCCC1. The minimum atomic E-state index is 0.467. The largest absolute Gasteiger partial charge is 0.368 e. The van der Waals surface area contributed by atoms with Gasteiger partial charge in [-0.25, -0.2) is 0 Å². The molecular weight excluding hydrogens is 238 g/mol. The van der Waals surface area contributed by atoms with Gasteiger partial charge in [-0.3, -0.25) is 0 Å². The Kier molecular flexibility index (Phi) is 3.31. The number of thiol groups is 1. The summed E-state index contributed by atoms with van der Waals surface area (Å²) in [5, 5.41) is 0. The Morgan fingerprint density at radius 3 is 2.72 bits per heavy atom. The van der Waals surface area contributed by atoms with Crippen LogP contribution in [0.4, 0.5) is 5.69 Å². The van der Waals surface area contributed by atoms with E-state index in [1.807, 2.05) is 0 Å². The average molecular weight is 261 g/mol. The van der Waals surface area contributed by atoms with Crippen molar-refractivity contribution in [1.82, 2.24) is 0 Å². The lowest BCUT2D eigenvalue weighted by atomic mass is 9.87. The topological polar surface area (TPSA) is 3.24 Å². The van der Waals surface area contributed by atoms with Crippen molar-refractivity contribution in [3.8, 4) is 0 Å². The van der Waals surface area contributed by atoms with E-state index in [2.05, 4.69) is 48.7 Å². The van der Waals surface area contributed by atoms with Gasteiger partial charge in [0.1, 0.15) is 0 Å². The van der Waals surface area contributed by atoms with Crippen molar-refractivity contribution in [2.75, 3.05) is 17.2 Å². The van der Waals surface area contributed by atoms with Gasteiger partial charge >= 0.3 is 0 Å². The zero-order valence-electron chi connectivity index (χ0n) is 11.2. The second kappa shape index (κ2) is 4.80. The number of para-hydroxylation sites is 1. The number of hydrogen-bond donors (Lipinski definition) is 1. The predicted molar refractivity (Wildman–Crippen MR) is 81.7 cm³/mol. The molecule has 0 spiro atoms. The molecule has 0 N–H and O–H groups in total. The molecule has 1 aromatic carbocycles. The molecule has 0 saturated heterocycles. The first-order valence-electron chi connectivity index (χ1n) is 7.19. The molecule has 1 aliphatic heterocycles. The first-order valence-corrected chi connectivity index (χ1v) is 7.83. The Hall–Kier alpha value is -0.630. The van der Waals surface area contributed by atoms with Gasteiger partial charge in [-0.15, -0.1) is 0 Å². The molecule has 2 aliphatic rings. The molecule has 1 atom stereocenters. The van der Waals surface area contributed by atoms with Gasteiger partial charge in [0.15, 0.2) is 0 Å². The standard InChI is InChI=1S/C16H23NS/c1-13-10-14-6-2-3-7-15(14)17(13)11-16(12-18)8-4-5-9-16/h2-3,6-7,13,18H,4-5,8-12H2,1H3. The van der Waals surface area contributed by atoms with Crippen LogP contribution >= 0.6 is 12.6 Å². The molecule has 1 saturated carbocycles. The summed E-state index contributed by atoms with van der Waals surface area (Å²) in [6.07, 6.45) is 6.72. The van der Waals surface area contributed by atoms with Crippen molar-refractivity contribution in [2.24, 2.45) is 5.41 Å². The van der Waals surface area contributed by atoms with E-state index in [4.69, 9.17) is 0 Å². The van der Waals surface area contributed by atoms with Crippen LogP contribution in [-0.2, 0) is 6.42 Å². The number of nitrogens with zero attached hydrogens (tertiary/aromatic N) is 1. The first kappa shape index (κ1) is 12.4. The summed E-state index contributed by atoms with van der Waals surface area (Å²) in [6.45, 7) is 3.57. The van der Waals surface area contributed by atoms with E-state index in [-0.39, 0.29) is 0 Å². The lowest BCUT2D eigenvalue weighted by Gasteiger charge is -2.36. The summed E-state index contributed by atoms with van der Waals surface area (Å²) in [6, 6.07) is 9.57. The van der Waals surface area contributed by atoms with Gasteiger partial charge in [-0.05, 0) is 49.0 Å². The highest BCUT2D eigenvalue weighted by atomic mass is 32.1. The Morgan fingerprint density at radius 2 is 2.00 bits per heavy atom. The Labute approximate surface area is 116 Å². The second-order valence-corrected chi connectivity index (χ2v) is 6.49. The van der Waals surface area contributed by atoms with E-state index >= 15 is 0 Å². The zero-order valence-corrected chi connectivity index (χ0v) is 12.1. The second-order valence-electron chi connectivity index (χ2n) is 6.17. The smallest absolute Gasteiger partial charge is 0.0402 e. The highest BCUT2D eigenvalue weighted by Crippen LogP contribution is 2.43. The summed E-state index contributed by atoms with van der Waals surface area (Å²) < 4.78 is 0. The fraction of sp³-hybridized carbons (Fsp3) is 0.625. The lowest BCUT2D eigenvalue weighted by molar-refractivity contribution is 0.341. The summed E-state index contributed by atoms with van der Waals surface area (Å²) in [5.74, 6) is 1.04. The van der Waals surface area contributed by atoms with Crippen LogP contribution in [0.3, 0.4) is 0 Å². The van der Waals surface area contributed by atoms with Crippen LogP contribution in [0, 0.1) is 5.41 Å². The molecule has 0 bridgehead atoms. The molecule has 1 heterocycles. The maximum Gasteiger partial charge on any atom is 0.0402 e. The van der Waals surface area contributed by atoms with E-state index in [0.29, 0.717) is 11.5 Å². The van der Waals surface area contributed by atoms with Gasteiger partial charge in [0.2, 0.25) is 0 Å². The highest BCUT2D eigenvalue weighted by Gasteiger charge is 2.37. The number of hydrogen-bond acceptors (Lipinski definition) is 2. The molecular formula is C16H23NS. The van der Waals surface area contributed by atoms with E-state index in [1.165, 1.54) is 49.9 Å². The molecule has 1 fully saturated rings. The summed E-state index contributed by atoms with van der Waals surface area (Å²) in [7, 11) is 0. The maximum atomic E-state index is 4.65. The van der Waals surface area contributed by atoms with Crippen LogP contribution in [0.2, 0.25) is 0 Å². The maximum absolute atomic E-state index is 4.65. The van der Waals surface area contributed by atoms with Crippen molar-refractivity contribution in [3.63, 3.8) is 0 Å². The van der Waals surface area contributed by atoms with Crippen molar-refractivity contribution in [2.45, 2.75) is 45.1 Å². The molecule has 1 unspecified atom stereocenters. The molecule has 3 rings (SSSR count). The van der Waals surface area contributed by atoms with E-state index < -0.39 is 0 Å². The van der Waals surface area contributed by atoms with Crippen molar-refractivity contribution >= 4 is 18.3 Å². The van der Waals surface area contributed by atoms with E-state index in [1.54, 1.807) is 0 Å². The number of benzene rings is 1. The number of rotatable bonds is 3. The number of anilines is 1. The summed E-state index contributed by atoms with van der Waals surface area (Å²) >= 11 is 4.65. The fourth-order valence-corrected chi connectivity index (χ4v) is 4.14. The quantitative estimate of drug-likeness (QED) is 0.807. The summed E-state index contributed by atoms with van der Waals surface area (Å²) in [5.41, 5.74) is 3.46. The monoisotopic (exact) mass is 261 g/mol. The molecule has 2 heteroatoms.